The predicted molar refractivity (Wildman–Crippen MR) is 108 cm³/mol. The van der Waals surface area contributed by atoms with Crippen molar-refractivity contribution >= 4 is 33.4 Å². The van der Waals surface area contributed by atoms with Crippen molar-refractivity contribution in [2.75, 3.05) is 11.9 Å². The van der Waals surface area contributed by atoms with E-state index in [9.17, 15) is 9.59 Å². The zero-order valence-electron chi connectivity index (χ0n) is 14.3. The lowest BCUT2D eigenvalue weighted by molar-refractivity contribution is -0.115. The summed E-state index contributed by atoms with van der Waals surface area (Å²) in [7, 11) is 0. The molecule has 136 valence electrons. The zero-order valence-corrected chi connectivity index (χ0v) is 15.9. The molecule has 0 unspecified atom stereocenters. The standard InChI is InChI=1S/C21H17BrN2O3/c22-16-12-10-15(11-13-16)21(26)23-14-20(25)24-18-8-4-5-9-19(18)27-17-6-2-1-3-7-17/h1-13H,14H2,(H,23,26)(H,24,25). The van der Waals surface area contributed by atoms with Gasteiger partial charge in [-0.15, -0.1) is 0 Å². The molecule has 0 fully saturated rings. The monoisotopic (exact) mass is 424 g/mol. The van der Waals surface area contributed by atoms with Crippen molar-refractivity contribution in [2.45, 2.75) is 0 Å². The highest BCUT2D eigenvalue weighted by Gasteiger charge is 2.11. The van der Waals surface area contributed by atoms with Crippen LogP contribution in [0.4, 0.5) is 5.69 Å². The summed E-state index contributed by atoms with van der Waals surface area (Å²) in [6.07, 6.45) is 0. The zero-order chi connectivity index (χ0) is 19.1. The third kappa shape index (κ3) is 5.43. The van der Waals surface area contributed by atoms with Gasteiger partial charge in [-0.05, 0) is 48.5 Å². The molecule has 0 spiro atoms. The molecule has 6 heteroatoms. The molecule has 0 aliphatic carbocycles. The topological polar surface area (TPSA) is 67.4 Å². The number of benzene rings is 3. The molecule has 0 aliphatic heterocycles. The van der Waals surface area contributed by atoms with E-state index in [1.54, 1.807) is 42.5 Å². The largest absolute Gasteiger partial charge is 0.455 e. The van der Waals surface area contributed by atoms with Crippen molar-refractivity contribution in [3.05, 3.63) is 88.9 Å². The van der Waals surface area contributed by atoms with Gasteiger partial charge in [-0.25, -0.2) is 0 Å². The van der Waals surface area contributed by atoms with Gasteiger partial charge < -0.3 is 15.4 Å². The van der Waals surface area contributed by atoms with E-state index in [1.165, 1.54) is 0 Å². The maximum Gasteiger partial charge on any atom is 0.251 e. The van der Waals surface area contributed by atoms with E-state index in [-0.39, 0.29) is 18.4 Å². The van der Waals surface area contributed by atoms with Crippen LogP contribution in [0.5, 0.6) is 11.5 Å². The Morgan fingerprint density at radius 1 is 0.852 bits per heavy atom. The number of rotatable bonds is 6. The molecular weight excluding hydrogens is 408 g/mol. The molecule has 0 bridgehead atoms. The summed E-state index contributed by atoms with van der Waals surface area (Å²) in [5.74, 6) is 0.537. The summed E-state index contributed by atoms with van der Waals surface area (Å²) in [5.41, 5.74) is 1.02. The van der Waals surface area contributed by atoms with E-state index < -0.39 is 0 Å². The summed E-state index contributed by atoms with van der Waals surface area (Å²) in [6.45, 7) is -0.144. The first-order valence-electron chi connectivity index (χ1n) is 8.27. The summed E-state index contributed by atoms with van der Waals surface area (Å²) in [4.78, 5) is 24.3. The smallest absolute Gasteiger partial charge is 0.251 e. The second-order valence-corrected chi connectivity index (χ2v) is 6.56. The maximum absolute atomic E-state index is 12.2. The van der Waals surface area contributed by atoms with Gasteiger partial charge in [0.25, 0.3) is 5.91 Å². The van der Waals surface area contributed by atoms with Crippen LogP contribution in [-0.4, -0.2) is 18.4 Å². The lowest BCUT2D eigenvalue weighted by atomic mass is 10.2. The minimum Gasteiger partial charge on any atom is -0.455 e. The average molecular weight is 425 g/mol. The summed E-state index contributed by atoms with van der Waals surface area (Å²) < 4.78 is 6.69. The molecule has 0 atom stereocenters. The summed E-state index contributed by atoms with van der Waals surface area (Å²) >= 11 is 3.32. The van der Waals surface area contributed by atoms with Crippen molar-refractivity contribution in [1.82, 2.24) is 5.32 Å². The second kappa shape index (κ2) is 9.00. The number of hydrogen-bond acceptors (Lipinski definition) is 3. The summed E-state index contributed by atoms with van der Waals surface area (Å²) in [6, 6.07) is 23.3. The molecule has 3 aromatic carbocycles. The van der Waals surface area contributed by atoms with Crippen molar-refractivity contribution in [2.24, 2.45) is 0 Å². The number of halogens is 1. The molecule has 2 amide bonds. The number of para-hydroxylation sites is 3. The van der Waals surface area contributed by atoms with Crippen LogP contribution in [0.3, 0.4) is 0 Å². The second-order valence-electron chi connectivity index (χ2n) is 5.65. The van der Waals surface area contributed by atoms with E-state index >= 15 is 0 Å². The lowest BCUT2D eigenvalue weighted by Crippen LogP contribution is -2.32. The van der Waals surface area contributed by atoms with Gasteiger partial charge in [-0.3, -0.25) is 9.59 Å². The Bertz CT molecular complexity index is 928. The van der Waals surface area contributed by atoms with Gasteiger partial charge in [0.05, 0.1) is 12.2 Å². The SMILES string of the molecule is O=C(CNC(=O)c1ccc(Br)cc1)Nc1ccccc1Oc1ccccc1. The molecule has 0 saturated carbocycles. The first-order chi connectivity index (χ1) is 13.1. The van der Waals surface area contributed by atoms with Gasteiger partial charge in [0.1, 0.15) is 5.75 Å². The van der Waals surface area contributed by atoms with Crippen LogP contribution in [0.25, 0.3) is 0 Å². The molecule has 3 aromatic rings. The number of anilines is 1. The van der Waals surface area contributed by atoms with Gasteiger partial charge in [0.2, 0.25) is 5.91 Å². The average Bonchev–Trinajstić information content (AvgIpc) is 2.69. The minimum absolute atomic E-state index is 0.144. The number of nitrogens with one attached hydrogen (secondary N) is 2. The van der Waals surface area contributed by atoms with E-state index in [0.717, 1.165) is 4.47 Å². The van der Waals surface area contributed by atoms with E-state index in [1.807, 2.05) is 36.4 Å². The molecule has 0 aromatic heterocycles. The van der Waals surface area contributed by atoms with Gasteiger partial charge in [0.15, 0.2) is 5.75 Å². The van der Waals surface area contributed by atoms with Crippen molar-refractivity contribution in [1.29, 1.82) is 0 Å². The first kappa shape index (κ1) is 18.7. The Labute approximate surface area is 165 Å². The molecule has 0 saturated heterocycles. The summed E-state index contributed by atoms with van der Waals surface area (Å²) in [5, 5.41) is 5.36. The van der Waals surface area contributed by atoms with Crippen LogP contribution in [0, 0.1) is 0 Å². The molecule has 3 rings (SSSR count). The van der Waals surface area contributed by atoms with Crippen molar-refractivity contribution in [3.8, 4) is 11.5 Å². The Morgan fingerprint density at radius 3 is 2.26 bits per heavy atom. The highest BCUT2D eigenvalue weighted by Crippen LogP contribution is 2.28. The Kier molecular flexibility index (Phi) is 6.22. The number of carbonyl (C=O) groups excluding carboxylic acids is 2. The molecule has 0 aliphatic rings. The fourth-order valence-corrected chi connectivity index (χ4v) is 2.60. The Hall–Kier alpha value is -3.12. The van der Waals surface area contributed by atoms with Crippen LogP contribution in [0.15, 0.2) is 83.3 Å². The van der Waals surface area contributed by atoms with Crippen LogP contribution in [0.2, 0.25) is 0 Å². The fraction of sp³-hybridized carbons (Fsp3) is 0.0476. The van der Waals surface area contributed by atoms with Crippen molar-refractivity contribution < 1.29 is 14.3 Å². The highest BCUT2D eigenvalue weighted by molar-refractivity contribution is 9.10. The van der Waals surface area contributed by atoms with Gasteiger partial charge in [-0.2, -0.15) is 0 Å². The van der Waals surface area contributed by atoms with E-state index in [0.29, 0.717) is 22.7 Å². The Morgan fingerprint density at radius 2 is 1.52 bits per heavy atom. The number of ether oxygens (including phenoxy) is 1. The predicted octanol–water partition coefficient (Wildman–Crippen LogP) is 4.61. The van der Waals surface area contributed by atoms with Crippen LogP contribution >= 0.6 is 15.9 Å². The molecular formula is C21H17BrN2O3. The molecule has 5 nitrogen and oxygen atoms in total. The fourth-order valence-electron chi connectivity index (χ4n) is 2.33. The Balaban J connectivity index is 1.59. The number of amides is 2. The normalized spacial score (nSPS) is 10.1. The van der Waals surface area contributed by atoms with Gasteiger partial charge in [0, 0.05) is 10.0 Å². The lowest BCUT2D eigenvalue weighted by Gasteiger charge is -2.12. The number of carbonyl (C=O) groups is 2. The molecule has 0 heterocycles. The third-order valence-corrected chi connectivity index (χ3v) is 4.18. The highest BCUT2D eigenvalue weighted by atomic mass is 79.9. The first-order valence-corrected chi connectivity index (χ1v) is 9.06. The minimum atomic E-state index is -0.343. The van der Waals surface area contributed by atoms with Gasteiger partial charge in [-0.1, -0.05) is 46.3 Å². The van der Waals surface area contributed by atoms with Crippen LogP contribution in [0.1, 0.15) is 10.4 Å². The number of hydrogen-bond donors (Lipinski definition) is 2. The van der Waals surface area contributed by atoms with Crippen LogP contribution < -0.4 is 15.4 Å². The third-order valence-electron chi connectivity index (χ3n) is 3.65. The van der Waals surface area contributed by atoms with Crippen molar-refractivity contribution in [3.63, 3.8) is 0 Å². The molecule has 2 N–H and O–H groups in total. The molecule has 27 heavy (non-hydrogen) atoms. The quantitative estimate of drug-likeness (QED) is 0.606. The molecule has 0 radical (unpaired) electrons. The van der Waals surface area contributed by atoms with E-state index in [2.05, 4.69) is 26.6 Å². The van der Waals surface area contributed by atoms with E-state index in [4.69, 9.17) is 4.74 Å². The van der Waals surface area contributed by atoms with Gasteiger partial charge >= 0.3 is 0 Å². The van der Waals surface area contributed by atoms with Crippen LogP contribution in [-0.2, 0) is 4.79 Å². The maximum atomic E-state index is 12.2.